The standard InChI is InChI=1S/C19H19ClF3N3O.ClH/c20-14-5-3-4-13(10-14)17-11-24-8-9-26(17)12-18(27)25-16-7-2-1-6-15(16)19(21,22)23;/h1-7,10,17,24H,8-9,11-12H2,(H,25,27);1H. The third-order valence-corrected chi connectivity index (χ3v) is 4.68. The molecule has 0 saturated carbocycles. The summed E-state index contributed by atoms with van der Waals surface area (Å²) in [6.45, 7) is 1.92. The van der Waals surface area contributed by atoms with Gasteiger partial charge in [-0.3, -0.25) is 9.69 Å². The van der Waals surface area contributed by atoms with E-state index in [4.69, 9.17) is 11.6 Å². The van der Waals surface area contributed by atoms with E-state index in [0.717, 1.165) is 11.6 Å². The van der Waals surface area contributed by atoms with Gasteiger partial charge in [-0.05, 0) is 29.8 Å². The summed E-state index contributed by atoms with van der Waals surface area (Å²) < 4.78 is 39.3. The first kappa shape index (κ1) is 22.5. The molecule has 1 aliphatic rings. The highest BCUT2D eigenvalue weighted by atomic mass is 35.5. The molecule has 0 bridgehead atoms. The maximum atomic E-state index is 13.1. The number of hydrogen-bond acceptors (Lipinski definition) is 3. The molecule has 0 spiro atoms. The molecule has 0 aliphatic carbocycles. The Bertz CT molecular complexity index is 817. The minimum Gasteiger partial charge on any atom is -0.324 e. The summed E-state index contributed by atoms with van der Waals surface area (Å²) in [6.07, 6.45) is -4.53. The molecule has 1 aliphatic heterocycles. The predicted molar refractivity (Wildman–Crippen MR) is 106 cm³/mol. The number of benzene rings is 2. The van der Waals surface area contributed by atoms with E-state index in [1.165, 1.54) is 18.2 Å². The highest BCUT2D eigenvalue weighted by Gasteiger charge is 2.34. The fourth-order valence-corrected chi connectivity index (χ4v) is 3.39. The normalized spacial score (nSPS) is 17.6. The zero-order chi connectivity index (χ0) is 19.4. The second-order valence-corrected chi connectivity index (χ2v) is 6.77. The van der Waals surface area contributed by atoms with Crippen LogP contribution in [0.4, 0.5) is 18.9 Å². The Morgan fingerprint density at radius 1 is 1.21 bits per heavy atom. The Balaban J connectivity index is 0.00000280. The summed E-state index contributed by atoms with van der Waals surface area (Å²) in [4.78, 5) is 14.4. The van der Waals surface area contributed by atoms with Crippen molar-refractivity contribution < 1.29 is 18.0 Å². The van der Waals surface area contributed by atoms with Gasteiger partial charge in [0.15, 0.2) is 0 Å². The van der Waals surface area contributed by atoms with E-state index >= 15 is 0 Å². The molecule has 1 unspecified atom stereocenters. The molecule has 1 heterocycles. The van der Waals surface area contributed by atoms with Crippen LogP contribution in [0.15, 0.2) is 48.5 Å². The van der Waals surface area contributed by atoms with E-state index in [-0.39, 0.29) is 30.7 Å². The second kappa shape index (κ2) is 9.60. The quantitative estimate of drug-likeness (QED) is 0.752. The molecule has 2 aromatic carbocycles. The first-order chi connectivity index (χ1) is 12.8. The number of nitrogens with one attached hydrogen (secondary N) is 2. The van der Waals surface area contributed by atoms with Crippen LogP contribution in [-0.4, -0.2) is 37.0 Å². The molecule has 0 aromatic heterocycles. The molecule has 4 nitrogen and oxygen atoms in total. The lowest BCUT2D eigenvalue weighted by atomic mass is 10.0. The van der Waals surface area contributed by atoms with Crippen LogP contribution in [0.2, 0.25) is 5.02 Å². The van der Waals surface area contributed by atoms with Crippen LogP contribution in [0.5, 0.6) is 0 Å². The summed E-state index contributed by atoms with van der Waals surface area (Å²) in [5.41, 5.74) is -0.132. The van der Waals surface area contributed by atoms with E-state index in [1.54, 1.807) is 6.07 Å². The zero-order valence-electron chi connectivity index (χ0n) is 14.8. The van der Waals surface area contributed by atoms with Gasteiger partial charge in [0.1, 0.15) is 0 Å². The Kier molecular flexibility index (Phi) is 7.71. The second-order valence-electron chi connectivity index (χ2n) is 6.34. The number of anilines is 1. The minimum absolute atomic E-state index is 0. The highest BCUT2D eigenvalue weighted by molar-refractivity contribution is 6.30. The average molecular weight is 434 g/mol. The fourth-order valence-electron chi connectivity index (χ4n) is 3.19. The Hall–Kier alpha value is -1.80. The fraction of sp³-hybridized carbons (Fsp3) is 0.316. The van der Waals surface area contributed by atoms with E-state index in [2.05, 4.69) is 10.6 Å². The lowest BCUT2D eigenvalue weighted by Crippen LogP contribution is -2.48. The first-order valence-electron chi connectivity index (χ1n) is 8.51. The first-order valence-corrected chi connectivity index (χ1v) is 8.88. The molecule has 2 aromatic rings. The summed E-state index contributed by atoms with van der Waals surface area (Å²) in [5, 5.41) is 6.27. The van der Waals surface area contributed by atoms with Crippen LogP contribution < -0.4 is 10.6 Å². The average Bonchev–Trinajstić information content (AvgIpc) is 2.61. The van der Waals surface area contributed by atoms with Crippen molar-refractivity contribution in [1.29, 1.82) is 0 Å². The highest BCUT2D eigenvalue weighted by Crippen LogP contribution is 2.34. The van der Waals surface area contributed by atoms with Gasteiger partial charge in [-0.2, -0.15) is 13.2 Å². The summed E-state index contributed by atoms with van der Waals surface area (Å²) >= 11 is 6.06. The van der Waals surface area contributed by atoms with Gasteiger partial charge in [-0.15, -0.1) is 12.4 Å². The molecule has 3 rings (SSSR count). The molecule has 1 atom stereocenters. The molecule has 2 N–H and O–H groups in total. The van der Waals surface area contributed by atoms with Crippen LogP contribution >= 0.6 is 24.0 Å². The summed E-state index contributed by atoms with van der Waals surface area (Å²) in [5.74, 6) is -0.486. The smallest absolute Gasteiger partial charge is 0.324 e. The van der Waals surface area contributed by atoms with Crippen molar-refractivity contribution in [1.82, 2.24) is 10.2 Å². The summed E-state index contributed by atoms with van der Waals surface area (Å²) in [7, 11) is 0. The van der Waals surface area contributed by atoms with Crippen molar-refractivity contribution in [3.8, 4) is 0 Å². The van der Waals surface area contributed by atoms with Crippen LogP contribution in [0, 0.1) is 0 Å². The van der Waals surface area contributed by atoms with Gasteiger partial charge in [0.25, 0.3) is 0 Å². The molecule has 9 heteroatoms. The van der Waals surface area contributed by atoms with Crippen molar-refractivity contribution >= 4 is 35.6 Å². The number of para-hydroxylation sites is 1. The van der Waals surface area contributed by atoms with Crippen molar-refractivity contribution in [3.63, 3.8) is 0 Å². The Morgan fingerprint density at radius 3 is 2.68 bits per heavy atom. The topological polar surface area (TPSA) is 44.4 Å². The molecule has 1 fully saturated rings. The Labute approximate surface area is 172 Å². The zero-order valence-corrected chi connectivity index (χ0v) is 16.4. The van der Waals surface area contributed by atoms with Crippen molar-refractivity contribution in [2.45, 2.75) is 12.2 Å². The maximum Gasteiger partial charge on any atom is 0.418 e. The monoisotopic (exact) mass is 433 g/mol. The van der Waals surface area contributed by atoms with Crippen molar-refractivity contribution in [3.05, 3.63) is 64.7 Å². The summed E-state index contributed by atoms with van der Waals surface area (Å²) in [6, 6.07) is 12.3. The number of nitrogens with zero attached hydrogens (tertiary/aromatic N) is 1. The number of piperazine rings is 1. The molecular weight excluding hydrogens is 414 g/mol. The third-order valence-electron chi connectivity index (χ3n) is 4.44. The van der Waals surface area contributed by atoms with Gasteiger partial charge in [0.05, 0.1) is 17.8 Å². The number of carbonyl (C=O) groups is 1. The maximum absolute atomic E-state index is 13.1. The van der Waals surface area contributed by atoms with Gasteiger partial charge in [0.2, 0.25) is 5.91 Å². The number of amides is 1. The SMILES string of the molecule is Cl.O=C(CN1CCNCC1c1cccc(Cl)c1)Nc1ccccc1C(F)(F)F. The number of alkyl halides is 3. The number of halogens is 5. The molecule has 1 saturated heterocycles. The third kappa shape index (κ3) is 5.61. The molecular formula is C19H20Cl2F3N3O. The van der Waals surface area contributed by atoms with Gasteiger partial charge >= 0.3 is 6.18 Å². The van der Waals surface area contributed by atoms with E-state index < -0.39 is 17.6 Å². The van der Waals surface area contributed by atoms with Gasteiger partial charge in [0, 0.05) is 30.7 Å². The number of carbonyl (C=O) groups excluding carboxylic acids is 1. The van der Waals surface area contributed by atoms with Gasteiger partial charge < -0.3 is 10.6 Å². The van der Waals surface area contributed by atoms with E-state index in [1.807, 2.05) is 23.1 Å². The molecule has 1 amide bonds. The van der Waals surface area contributed by atoms with Crippen LogP contribution in [0.1, 0.15) is 17.2 Å². The van der Waals surface area contributed by atoms with Crippen molar-refractivity contribution in [2.75, 3.05) is 31.5 Å². The van der Waals surface area contributed by atoms with E-state index in [0.29, 0.717) is 24.7 Å². The van der Waals surface area contributed by atoms with E-state index in [9.17, 15) is 18.0 Å². The molecule has 152 valence electrons. The molecule has 0 radical (unpaired) electrons. The number of hydrogen-bond donors (Lipinski definition) is 2. The predicted octanol–water partition coefficient (Wildman–Crippen LogP) is 4.37. The Morgan fingerprint density at radius 2 is 1.96 bits per heavy atom. The molecule has 28 heavy (non-hydrogen) atoms. The number of rotatable bonds is 4. The minimum atomic E-state index is -4.53. The van der Waals surface area contributed by atoms with Gasteiger partial charge in [-0.25, -0.2) is 0 Å². The largest absolute Gasteiger partial charge is 0.418 e. The van der Waals surface area contributed by atoms with Crippen LogP contribution in [0.25, 0.3) is 0 Å². The lowest BCUT2D eigenvalue weighted by Gasteiger charge is -2.36. The van der Waals surface area contributed by atoms with Crippen molar-refractivity contribution in [2.24, 2.45) is 0 Å². The van der Waals surface area contributed by atoms with Crippen LogP contribution in [0.3, 0.4) is 0 Å². The van der Waals surface area contributed by atoms with Crippen LogP contribution in [-0.2, 0) is 11.0 Å². The lowest BCUT2D eigenvalue weighted by molar-refractivity contribution is -0.137. The van der Waals surface area contributed by atoms with Gasteiger partial charge in [-0.1, -0.05) is 35.9 Å².